The molecular formula is C13H23F3N2. The molecular weight excluding hydrogens is 241 g/mol. The molecule has 0 aromatic carbocycles. The lowest BCUT2D eigenvalue weighted by molar-refractivity contribution is -0.138. The Bertz CT molecular complexity index is 266. The zero-order valence-electron chi connectivity index (χ0n) is 10.8. The first kappa shape index (κ1) is 14.1. The van der Waals surface area contributed by atoms with Crippen molar-refractivity contribution in [2.75, 3.05) is 13.1 Å². The summed E-state index contributed by atoms with van der Waals surface area (Å²) in [5, 5.41) is 0. The van der Waals surface area contributed by atoms with Gasteiger partial charge in [-0.1, -0.05) is 12.8 Å². The zero-order valence-corrected chi connectivity index (χ0v) is 10.8. The van der Waals surface area contributed by atoms with Crippen molar-refractivity contribution in [3.05, 3.63) is 0 Å². The monoisotopic (exact) mass is 264 g/mol. The van der Waals surface area contributed by atoms with Crippen LogP contribution in [-0.4, -0.2) is 35.7 Å². The summed E-state index contributed by atoms with van der Waals surface area (Å²) in [6, 6.07) is -0.334. The fraction of sp³-hybridized carbons (Fsp3) is 1.00. The maximum absolute atomic E-state index is 12.3. The summed E-state index contributed by atoms with van der Waals surface area (Å²) in [5.74, 6) is 0. The maximum atomic E-state index is 12.3. The molecule has 2 N–H and O–H groups in total. The molecule has 1 saturated carbocycles. The van der Waals surface area contributed by atoms with Gasteiger partial charge in [0.25, 0.3) is 0 Å². The molecule has 2 nitrogen and oxygen atoms in total. The van der Waals surface area contributed by atoms with Crippen LogP contribution in [0.1, 0.15) is 51.4 Å². The number of hydrogen-bond donors (Lipinski definition) is 1. The average molecular weight is 264 g/mol. The molecule has 0 radical (unpaired) electrons. The normalized spacial score (nSPS) is 26.7. The third-order valence-corrected chi connectivity index (χ3v) is 4.63. The lowest BCUT2D eigenvalue weighted by Crippen LogP contribution is -2.57. The van der Waals surface area contributed by atoms with E-state index in [-0.39, 0.29) is 18.0 Å². The Morgan fingerprint density at radius 1 is 1.06 bits per heavy atom. The Morgan fingerprint density at radius 2 is 1.61 bits per heavy atom. The summed E-state index contributed by atoms with van der Waals surface area (Å²) in [7, 11) is 0. The average Bonchev–Trinajstić information content (AvgIpc) is 2.95. The van der Waals surface area contributed by atoms with Gasteiger partial charge in [0.1, 0.15) is 0 Å². The van der Waals surface area contributed by atoms with Crippen molar-refractivity contribution in [3.8, 4) is 0 Å². The van der Waals surface area contributed by atoms with Gasteiger partial charge in [0.2, 0.25) is 0 Å². The van der Waals surface area contributed by atoms with Crippen LogP contribution < -0.4 is 5.73 Å². The van der Waals surface area contributed by atoms with Gasteiger partial charge in [-0.25, -0.2) is 0 Å². The summed E-state index contributed by atoms with van der Waals surface area (Å²) in [6.45, 7) is 2.03. The van der Waals surface area contributed by atoms with Gasteiger partial charge in [-0.2, -0.15) is 13.2 Å². The van der Waals surface area contributed by atoms with E-state index in [0.29, 0.717) is 0 Å². The van der Waals surface area contributed by atoms with E-state index in [1.807, 2.05) is 0 Å². The topological polar surface area (TPSA) is 29.3 Å². The Kier molecular flexibility index (Phi) is 4.22. The van der Waals surface area contributed by atoms with E-state index in [1.165, 1.54) is 0 Å². The largest absolute Gasteiger partial charge is 0.389 e. The second-order valence-corrected chi connectivity index (χ2v) is 5.77. The third-order valence-electron chi connectivity index (χ3n) is 4.63. The molecule has 5 heteroatoms. The van der Waals surface area contributed by atoms with Crippen LogP contribution in [0, 0.1) is 0 Å². The van der Waals surface area contributed by atoms with Gasteiger partial charge in [0, 0.05) is 18.0 Å². The number of nitrogens with two attached hydrogens (primary N) is 1. The SMILES string of the molecule is NC(CCC(F)(F)F)C1(N2CCCC2)CCCC1. The number of alkyl halides is 3. The quantitative estimate of drug-likeness (QED) is 0.845. The minimum absolute atomic E-state index is 0.0694. The third kappa shape index (κ3) is 2.99. The molecule has 0 aromatic rings. The lowest BCUT2D eigenvalue weighted by atomic mass is 9.84. The van der Waals surface area contributed by atoms with Crippen molar-refractivity contribution < 1.29 is 13.2 Å². The first-order valence-electron chi connectivity index (χ1n) is 7.01. The lowest BCUT2D eigenvalue weighted by Gasteiger charge is -2.43. The number of halogens is 3. The van der Waals surface area contributed by atoms with Gasteiger partial charge < -0.3 is 5.73 Å². The fourth-order valence-electron chi connectivity index (χ4n) is 3.66. The Balaban J connectivity index is 2.00. The molecule has 2 rings (SSSR count). The summed E-state index contributed by atoms with van der Waals surface area (Å²) in [5.41, 5.74) is 6.02. The van der Waals surface area contributed by atoms with Crippen LogP contribution in [0.25, 0.3) is 0 Å². The molecule has 1 unspecified atom stereocenters. The van der Waals surface area contributed by atoms with Crippen LogP contribution in [0.5, 0.6) is 0 Å². The molecule has 1 heterocycles. The van der Waals surface area contributed by atoms with Gasteiger partial charge in [-0.05, 0) is 45.2 Å². The number of hydrogen-bond acceptors (Lipinski definition) is 2. The predicted molar refractivity (Wildman–Crippen MR) is 65.3 cm³/mol. The minimum atomic E-state index is -4.08. The van der Waals surface area contributed by atoms with Gasteiger partial charge in [-0.15, -0.1) is 0 Å². The van der Waals surface area contributed by atoms with E-state index in [4.69, 9.17) is 5.73 Å². The molecule has 1 saturated heterocycles. The highest BCUT2D eigenvalue weighted by atomic mass is 19.4. The van der Waals surface area contributed by atoms with E-state index in [0.717, 1.165) is 51.6 Å². The summed E-state index contributed by atoms with van der Waals surface area (Å²) < 4.78 is 37.0. The molecule has 1 aliphatic heterocycles. The molecule has 106 valence electrons. The van der Waals surface area contributed by atoms with Crippen molar-refractivity contribution in [2.24, 2.45) is 5.73 Å². The van der Waals surface area contributed by atoms with Gasteiger partial charge >= 0.3 is 6.18 Å². The van der Waals surface area contributed by atoms with E-state index in [1.54, 1.807) is 0 Å². The smallest absolute Gasteiger partial charge is 0.326 e. The molecule has 0 amide bonds. The molecule has 0 spiro atoms. The first-order chi connectivity index (χ1) is 8.44. The molecule has 2 aliphatic rings. The zero-order chi connectivity index (χ0) is 13.2. The van der Waals surface area contributed by atoms with Crippen molar-refractivity contribution in [2.45, 2.75) is 69.1 Å². The van der Waals surface area contributed by atoms with Gasteiger partial charge in [0.05, 0.1) is 0 Å². The van der Waals surface area contributed by atoms with Crippen LogP contribution in [0.3, 0.4) is 0 Å². The minimum Gasteiger partial charge on any atom is -0.326 e. The van der Waals surface area contributed by atoms with Crippen molar-refractivity contribution in [1.82, 2.24) is 4.90 Å². The molecule has 1 aliphatic carbocycles. The first-order valence-corrected chi connectivity index (χ1v) is 7.01. The summed E-state index contributed by atoms with van der Waals surface area (Å²) in [4.78, 5) is 2.38. The number of nitrogens with zero attached hydrogens (tertiary/aromatic N) is 1. The molecule has 18 heavy (non-hydrogen) atoms. The number of rotatable bonds is 4. The van der Waals surface area contributed by atoms with Crippen molar-refractivity contribution in [1.29, 1.82) is 0 Å². The Labute approximate surface area is 107 Å². The van der Waals surface area contributed by atoms with E-state index in [9.17, 15) is 13.2 Å². The van der Waals surface area contributed by atoms with E-state index < -0.39 is 12.6 Å². The Morgan fingerprint density at radius 3 is 2.11 bits per heavy atom. The predicted octanol–water partition coefficient (Wildman–Crippen LogP) is 3.06. The summed E-state index contributed by atoms with van der Waals surface area (Å²) in [6.07, 6.45) is 1.73. The highest BCUT2D eigenvalue weighted by Gasteiger charge is 2.45. The maximum Gasteiger partial charge on any atom is 0.389 e. The number of likely N-dealkylation sites (tertiary alicyclic amines) is 1. The van der Waals surface area contributed by atoms with Crippen LogP contribution in [-0.2, 0) is 0 Å². The Hall–Kier alpha value is -0.290. The van der Waals surface area contributed by atoms with Gasteiger partial charge in [0.15, 0.2) is 0 Å². The van der Waals surface area contributed by atoms with E-state index in [2.05, 4.69) is 4.90 Å². The standard InChI is InChI=1S/C13H23F3N2/c14-13(15,16)8-5-11(17)12(6-1-2-7-12)18-9-3-4-10-18/h11H,1-10,17H2. The van der Waals surface area contributed by atoms with Crippen molar-refractivity contribution in [3.63, 3.8) is 0 Å². The van der Waals surface area contributed by atoms with Crippen LogP contribution in [0.2, 0.25) is 0 Å². The van der Waals surface area contributed by atoms with E-state index >= 15 is 0 Å². The van der Waals surface area contributed by atoms with Crippen LogP contribution >= 0.6 is 0 Å². The molecule has 0 bridgehead atoms. The molecule has 0 aromatic heterocycles. The molecule has 2 fully saturated rings. The van der Waals surface area contributed by atoms with Gasteiger partial charge in [-0.3, -0.25) is 4.90 Å². The fourth-order valence-corrected chi connectivity index (χ4v) is 3.66. The highest BCUT2D eigenvalue weighted by Crippen LogP contribution is 2.41. The second-order valence-electron chi connectivity index (χ2n) is 5.77. The molecule has 1 atom stereocenters. The highest BCUT2D eigenvalue weighted by molar-refractivity contribution is 5.03. The van der Waals surface area contributed by atoms with Crippen molar-refractivity contribution >= 4 is 0 Å². The van der Waals surface area contributed by atoms with Crippen LogP contribution in [0.15, 0.2) is 0 Å². The van der Waals surface area contributed by atoms with Crippen LogP contribution in [0.4, 0.5) is 13.2 Å². The summed E-state index contributed by atoms with van der Waals surface area (Å²) >= 11 is 0. The second kappa shape index (κ2) is 5.37.